The van der Waals surface area contributed by atoms with Gasteiger partial charge in [-0.25, -0.2) is 4.79 Å². The number of hydrogen-bond donors (Lipinski definition) is 3. The minimum atomic E-state index is -1.48. The number of carbonyl (C=O) groups is 2. The van der Waals surface area contributed by atoms with Gasteiger partial charge in [-0.2, -0.15) is 11.8 Å². The molecule has 0 aliphatic carbocycles. The molecule has 1 aromatic carbocycles. The summed E-state index contributed by atoms with van der Waals surface area (Å²) in [5, 5.41) is 12.0. The Hall–Kier alpha value is -1.53. The molecule has 110 valence electrons. The fourth-order valence-corrected chi connectivity index (χ4v) is 2.23. The van der Waals surface area contributed by atoms with E-state index in [1.54, 1.807) is 42.1 Å². The van der Waals surface area contributed by atoms with Gasteiger partial charge in [-0.05, 0) is 30.9 Å². The monoisotopic (exact) mass is 296 g/mol. The fourth-order valence-electron chi connectivity index (χ4n) is 1.74. The topological polar surface area (TPSA) is 92.4 Å². The molecule has 20 heavy (non-hydrogen) atoms. The van der Waals surface area contributed by atoms with E-state index in [1.165, 1.54) is 6.92 Å². The van der Waals surface area contributed by atoms with Crippen molar-refractivity contribution in [2.24, 2.45) is 5.73 Å². The van der Waals surface area contributed by atoms with Crippen LogP contribution in [0.25, 0.3) is 0 Å². The number of carboxylic acid groups (broad SMARTS) is 1. The first-order valence-electron chi connectivity index (χ1n) is 6.27. The van der Waals surface area contributed by atoms with Crippen LogP contribution in [0, 0.1) is 0 Å². The maximum atomic E-state index is 12.0. The summed E-state index contributed by atoms with van der Waals surface area (Å²) in [5.74, 6) is -0.814. The Morgan fingerprint density at radius 1 is 1.40 bits per heavy atom. The molecule has 0 saturated carbocycles. The van der Waals surface area contributed by atoms with Crippen molar-refractivity contribution in [3.05, 3.63) is 35.9 Å². The second kappa shape index (κ2) is 7.31. The van der Waals surface area contributed by atoms with Crippen molar-refractivity contribution in [3.8, 4) is 0 Å². The summed E-state index contributed by atoms with van der Waals surface area (Å²) in [5.41, 5.74) is 4.81. The van der Waals surface area contributed by atoms with Crippen molar-refractivity contribution in [3.63, 3.8) is 0 Å². The van der Waals surface area contributed by atoms with Crippen molar-refractivity contribution in [1.29, 1.82) is 0 Å². The lowest BCUT2D eigenvalue weighted by Crippen LogP contribution is -2.54. The van der Waals surface area contributed by atoms with E-state index in [0.29, 0.717) is 12.0 Å². The van der Waals surface area contributed by atoms with Gasteiger partial charge in [-0.3, -0.25) is 4.79 Å². The summed E-state index contributed by atoms with van der Waals surface area (Å²) in [7, 11) is 0. The standard InChI is InChI=1S/C14H20N2O3S/c1-14(13(18)19,10-6-4-3-5-7-10)16-12(17)11(15)8-9-20-2/h3-7,11H,8-9,15H2,1-2H3,(H,16,17)(H,18,19)/t11-,14?/m0/s1. The molecule has 1 unspecified atom stereocenters. The molecule has 0 spiro atoms. The van der Waals surface area contributed by atoms with Gasteiger partial charge in [-0.1, -0.05) is 30.3 Å². The Morgan fingerprint density at radius 3 is 2.50 bits per heavy atom. The molecule has 5 nitrogen and oxygen atoms in total. The molecular weight excluding hydrogens is 276 g/mol. The Balaban J connectivity index is 2.88. The quantitative estimate of drug-likeness (QED) is 0.702. The van der Waals surface area contributed by atoms with Crippen molar-refractivity contribution >= 4 is 23.6 Å². The van der Waals surface area contributed by atoms with Crippen LogP contribution >= 0.6 is 11.8 Å². The zero-order valence-electron chi connectivity index (χ0n) is 11.6. The van der Waals surface area contributed by atoms with Crippen LogP contribution in [0.15, 0.2) is 30.3 Å². The molecule has 4 N–H and O–H groups in total. The zero-order chi connectivity index (χ0) is 15.2. The molecule has 0 aliphatic heterocycles. The SMILES string of the molecule is CSCC[C@H](N)C(=O)NC(C)(C(=O)O)c1ccccc1. The van der Waals surface area contributed by atoms with E-state index in [0.717, 1.165) is 5.75 Å². The predicted molar refractivity (Wildman–Crippen MR) is 80.5 cm³/mol. The third kappa shape index (κ3) is 3.98. The molecule has 0 aliphatic rings. The molecule has 2 atom stereocenters. The molecule has 1 amide bonds. The van der Waals surface area contributed by atoms with Crippen LogP contribution in [0.5, 0.6) is 0 Å². The van der Waals surface area contributed by atoms with Crippen molar-refractivity contribution < 1.29 is 14.7 Å². The van der Waals surface area contributed by atoms with Crippen molar-refractivity contribution in [1.82, 2.24) is 5.32 Å². The van der Waals surface area contributed by atoms with Gasteiger partial charge in [-0.15, -0.1) is 0 Å². The zero-order valence-corrected chi connectivity index (χ0v) is 12.4. The largest absolute Gasteiger partial charge is 0.479 e. The molecular formula is C14H20N2O3S. The number of carboxylic acids is 1. The number of nitrogens with two attached hydrogens (primary N) is 1. The molecule has 0 saturated heterocycles. The molecule has 0 radical (unpaired) electrons. The van der Waals surface area contributed by atoms with Gasteiger partial charge in [0.25, 0.3) is 0 Å². The summed E-state index contributed by atoms with van der Waals surface area (Å²) < 4.78 is 0. The summed E-state index contributed by atoms with van der Waals surface area (Å²) >= 11 is 1.59. The number of carbonyl (C=O) groups excluding carboxylic acids is 1. The van der Waals surface area contributed by atoms with Gasteiger partial charge in [0.1, 0.15) is 0 Å². The van der Waals surface area contributed by atoms with Gasteiger partial charge < -0.3 is 16.2 Å². The molecule has 1 aromatic rings. The molecule has 0 fully saturated rings. The smallest absolute Gasteiger partial charge is 0.333 e. The second-order valence-electron chi connectivity index (χ2n) is 4.67. The van der Waals surface area contributed by atoms with Crippen LogP contribution in [0.3, 0.4) is 0 Å². The first-order valence-corrected chi connectivity index (χ1v) is 7.66. The predicted octanol–water partition coefficient (Wildman–Crippen LogP) is 1.18. The van der Waals surface area contributed by atoms with Crippen LogP contribution in [0.1, 0.15) is 18.9 Å². The van der Waals surface area contributed by atoms with E-state index >= 15 is 0 Å². The minimum Gasteiger partial charge on any atom is -0.479 e. The van der Waals surface area contributed by atoms with Crippen LogP contribution < -0.4 is 11.1 Å². The highest BCUT2D eigenvalue weighted by molar-refractivity contribution is 7.98. The third-order valence-electron chi connectivity index (χ3n) is 3.12. The lowest BCUT2D eigenvalue weighted by atomic mass is 9.91. The van der Waals surface area contributed by atoms with Gasteiger partial charge in [0.15, 0.2) is 5.54 Å². The lowest BCUT2D eigenvalue weighted by molar-refractivity contribution is -0.147. The summed E-state index contributed by atoms with van der Waals surface area (Å²) in [6, 6.07) is 7.89. The Kier molecular flexibility index (Phi) is 6.04. The number of rotatable bonds is 7. The fraction of sp³-hybridized carbons (Fsp3) is 0.429. The summed E-state index contributed by atoms with van der Waals surface area (Å²) in [6.45, 7) is 1.46. The minimum absolute atomic E-state index is 0.451. The molecule has 6 heteroatoms. The average molecular weight is 296 g/mol. The molecule has 0 heterocycles. The number of thioether (sulfide) groups is 1. The normalized spacial score (nSPS) is 15.2. The van der Waals surface area contributed by atoms with E-state index in [1.807, 2.05) is 6.26 Å². The Labute approximate surface area is 122 Å². The van der Waals surface area contributed by atoms with E-state index < -0.39 is 23.5 Å². The van der Waals surface area contributed by atoms with Crippen LogP contribution in [0.2, 0.25) is 0 Å². The van der Waals surface area contributed by atoms with E-state index in [-0.39, 0.29) is 0 Å². The number of nitrogens with one attached hydrogen (secondary N) is 1. The highest BCUT2D eigenvalue weighted by Crippen LogP contribution is 2.21. The van der Waals surface area contributed by atoms with Crippen molar-refractivity contribution in [2.75, 3.05) is 12.0 Å². The van der Waals surface area contributed by atoms with Crippen LogP contribution in [0.4, 0.5) is 0 Å². The van der Waals surface area contributed by atoms with Crippen LogP contribution in [-0.2, 0) is 15.1 Å². The maximum absolute atomic E-state index is 12.0. The summed E-state index contributed by atoms with van der Waals surface area (Å²) in [4.78, 5) is 23.6. The van der Waals surface area contributed by atoms with Gasteiger partial charge in [0.2, 0.25) is 5.91 Å². The number of amides is 1. The Morgan fingerprint density at radius 2 is 2.00 bits per heavy atom. The molecule has 1 rings (SSSR count). The van der Waals surface area contributed by atoms with E-state index in [9.17, 15) is 14.7 Å². The first-order chi connectivity index (χ1) is 9.41. The molecule has 0 bridgehead atoms. The highest BCUT2D eigenvalue weighted by atomic mass is 32.2. The number of benzene rings is 1. The van der Waals surface area contributed by atoms with E-state index in [4.69, 9.17) is 5.73 Å². The summed E-state index contributed by atoms with van der Waals surface area (Å²) in [6.07, 6.45) is 2.44. The number of hydrogen-bond acceptors (Lipinski definition) is 4. The second-order valence-corrected chi connectivity index (χ2v) is 5.66. The maximum Gasteiger partial charge on any atom is 0.333 e. The van der Waals surface area contributed by atoms with Gasteiger partial charge >= 0.3 is 5.97 Å². The highest BCUT2D eigenvalue weighted by Gasteiger charge is 2.37. The Bertz CT molecular complexity index is 467. The number of aliphatic carboxylic acids is 1. The third-order valence-corrected chi connectivity index (χ3v) is 3.77. The molecule has 0 aromatic heterocycles. The van der Waals surface area contributed by atoms with E-state index in [2.05, 4.69) is 5.32 Å². The lowest BCUT2D eigenvalue weighted by Gasteiger charge is -2.28. The van der Waals surface area contributed by atoms with Crippen molar-refractivity contribution in [2.45, 2.75) is 24.9 Å². The van der Waals surface area contributed by atoms with Gasteiger partial charge in [0, 0.05) is 0 Å². The van der Waals surface area contributed by atoms with Gasteiger partial charge in [0.05, 0.1) is 6.04 Å². The first kappa shape index (κ1) is 16.5. The average Bonchev–Trinajstić information content (AvgIpc) is 2.45. The van der Waals surface area contributed by atoms with Crippen LogP contribution in [-0.4, -0.2) is 35.0 Å².